The molecule has 0 aliphatic carbocycles. The van der Waals surface area contributed by atoms with Crippen molar-refractivity contribution in [2.24, 2.45) is 0 Å². The first-order chi connectivity index (χ1) is 2.77. The second-order valence-electron chi connectivity index (χ2n) is 0.374. The van der Waals surface area contributed by atoms with Crippen molar-refractivity contribution < 1.29 is 29.2 Å². The maximum atomic E-state index is 9.11. The van der Waals surface area contributed by atoms with E-state index in [0.717, 1.165) is 0 Å². The highest BCUT2D eigenvalue weighted by atomic mass is 35.6. The zero-order chi connectivity index (χ0) is 4.99. The predicted octanol–water partition coefficient (Wildman–Crippen LogP) is -2.75. The molecule has 0 unspecified atom stereocenters. The SMILES string of the molecule is O=CO[Cl+2]([O-])[O-]. The highest BCUT2D eigenvalue weighted by Crippen LogP contribution is 1.63. The van der Waals surface area contributed by atoms with E-state index in [0.29, 0.717) is 0 Å². The van der Waals surface area contributed by atoms with Gasteiger partial charge in [0.1, 0.15) is 0 Å². The first-order valence-corrected chi connectivity index (χ1v) is 1.86. The Hall–Kier alpha value is -0.320. The summed E-state index contributed by atoms with van der Waals surface area (Å²) in [6.07, 6.45) is 0. The maximum Gasteiger partial charge on any atom is 0.410 e. The minimum Gasteiger partial charge on any atom is -0.307 e. The van der Waals surface area contributed by atoms with Gasteiger partial charge in [0.25, 0.3) is 0 Å². The molecule has 0 saturated carbocycles. The number of hydrogen-bond donors (Lipinski definition) is 0. The summed E-state index contributed by atoms with van der Waals surface area (Å²) in [5.41, 5.74) is 0. The molecule has 0 aromatic rings. The first-order valence-electron chi connectivity index (χ1n) is 0.934. The van der Waals surface area contributed by atoms with Gasteiger partial charge < -0.3 is 9.32 Å². The topological polar surface area (TPSA) is 72.4 Å². The van der Waals surface area contributed by atoms with E-state index in [1.807, 2.05) is 0 Å². The molecule has 0 spiro atoms. The molecule has 0 bridgehead atoms. The lowest BCUT2D eigenvalue weighted by molar-refractivity contribution is -1.62. The highest BCUT2D eigenvalue weighted by Gasteiger charge is 1.99. The summed E-state index contributed by atoms with van der Waals surface area (Å²) in [7, 11) is -2.40. The number of halogens is 1. The maximum absolute atomic E-state index is 9.11. The largest absolute Gasteiger partial charge is 0.410 e. The Morgan fingerprint density at radius 1 is 1.67 bits per heavy atom. The molecule has 0 aromatic carbocycles. The minimum atomic E-state index is -2.40. The molecule has 0 rings (SSSR count). The third-order valence-corrected chi connectivity index (χ3v) is 0.327. The normalized spacial score (nSPS) is 8.50. The molecule has 6 heavy (non-hydrogen) atoms. The molecule has 0 N–H and O–H groups in total. The number of carbonyl (C=O) groups excluding carboxylic acids is 1. The zero-order valence-corrected chi connectivity index (χ0v) is 3.34. The Labute approximate surface area is 36.7 Å². The van der Waals surface area contributed by atoms with E-state index in [4.69, 9.17) is 14.1 Å². The predicted molar refractivity (Wildman–Crippen MR) is 7.15 cm³/mol. The van der Waals surface area contributed by atoms with Crippen LogP contribution in [-0.4, -0.2) is 6.47 Å². The van der Waals surface area contributed by atoms with Crippen LogP contribution in [0.2, 0.25) is 0 Å². The van der Waals surface area contributed by atoms with Crippen LogP contribution < -0.4 is 9.32 Å². The number of hydrogen-bond acceptors (Lipinski definition) is 4. The van der Waals surface area contributed by atoms with E-state index in [-0.39, 0.29) is 6.47 Å². The molecule has 0 amide bonds. The standard InChI is InChI=1S/CHClO4/c3-1-6-2(4)5/h1H. The fourth-order valence-corrected chi connectivity index (χ4v) is 0.0891. The summed E-state index contributed by atoms with van der Waals surface area (Å²) < 4.78 is 21.5. The summed E-state index contributed by atoms with van der Waals surface area (Å²) in [6, 6.07) is 0. The summed E-state index contributed by atoms with van der Waals surface area (Å²) in [4.78, 5) is 8.99. The average molecular weight is 112 g/mol. The molecule has 0 aromatic heterocycles. The van der Waals surface area contributed by atoms with Crippen LogP contribution in [0.25, 0.3) is 0 Å². The van der Waals surface area contributed by atoms with Crippen molar-refractivity contribution >= 4 is 6.47 Å². The molecule has 4 nitrogen and oxygen atoms in total. The van der Waals surface area contributed by atoms with E-state index in [2.05, 4.69) is 4.29 Å². The molecule has 0 aliphatic rings. The molecule has 5 heteroatoms. The van der Waals surface area contributed by atoms with Gasteiger partial charge in [0.2, 0.25) is 0 Å². The summed E-state index contributed by atoms with van der Waals surface area (Å²) >= 11 is 0. The Balaban J connectivity index is 2.81. The van der Waals surface area contributed by atoms with Crippen LogP contribution in [0.4, 0.5) is 0 Å². The van der Waals surface area contributed by atoms with Crippen LogP contribution in [0.3, 0.4) is 0 Å². The average Bonchev–Trinajstić information content (AvgIpc) is 1.35. The fourth-order valence-electron chi connectivity index (χ4n) is 0.0297. The Bertz CT molecular complexity index is 42.8. The van der Waals surface area contributed by atoms with Crippen LogP contribution in [0.15, 0.2) is 0 Å². The van der Waals surface area contributed by atoms with E-state index in [1.165, 1.54) is 0 Å². The van der Waals surface area contributed by atoms with Crippen molar-refractivity contribution in [3.05, 3.63) is 0 Å². The Morgan fingerprint density at radius 2 is 2.17 bits per heavy atom. The van der Waals surface area contributed by atoms with Gasteiger partial charge in [-0.15, -0.1) is 0 Å². The van der Waals surface area contributed by atoms with E-state index in [1.54, 1.807) is 0 Å². The summed E-state index contributed by atoms with van der Waals surface area (Å²) in [5.74, 6) is 0. The van der Waals surface area contributed by atoms with Crippen LogP contribution in [0.1, 0.15) is 0 Å². The van der Waals surface area contributed by atoms with Gasteiger partial charge in [-0.05, 0) is 0 Å². The molecular formula is CHClO4. The fraction of sp³-hybridized carbons (Fsp3) is 0. The van der Waals surface area contributed by atoms with Gasteiger partial charge in [0, 0.05) is 0 Å². The van der Waals surface area contributed by atoms with Crippen LogP contribution in [-0.2, 0) is 9.08 Å². The van der Waals surface area contributed by atoms with Gasteiger partial charge in [0.15, 0.2) is 0 Å². The second kappa shape index (κ2) is 2.89. The van der Waals surface area contributed by atoms with Gasteiger partial charge in [-0.1, -0.05) is 4.29 Å². The van der Waals surface area contributed by atoms with Crippen molar-refractivity contribution in [1.29, 1.82) is 0 Å². The van der Waals surface area contributed by atoms with Gasteiger partial charge in [-0.2, -0.15) is 0 Å². The third-order valence-electron chi connectivity index (χ3n) is 0.109. The van der Waals surface area contributed by atoms with E-state index in [9.17, 15) is 0 Å². The minimum absolute atomic E-state index is 0.180. The Morgan fingerprint density at radius 3 is 2.17 bits per heavy atom. The smallest absolute Gasteiger partial charge is 0.307 e. The number of carbonyl (C=O) groups is 1. The van der Waals surface area contributed by atoms with Gasteiger partial charge in [-0.25, -0.2) is 4.79 Å². The lowest BCUT2D eigenvalue weighted by atomic mass is 11.7. The van der Waals surface area contributed by atoms with Crippen molar-refractivity contribution in [2.75, 3.05) is 0 Å². The van der Waals surface area contributed by atoms with Crippen LogP contribution in [0, 0.1) is 10.8 Å². The molecule has 0 atom stereocenters. The third kappa shape index (κ3) is 3.68. The van der Waals surface area contributed by atoms with Gasteiger partial charge in [-0.3, -0.25) is 0 Å². The van der Waals surface area contributed by atoms with Crippen LogP contribution >= 0.6 is 0 Å². The first kappa shape index (κ1) is 5.68. The lowest BCUT2D eigenvalue weighted by Gasteiger charge is -1.81. The quantitative estimate of drug-likeness (QED) is 0.363. The molecule has 0 aliphatic heterocycles. The Kier molecular flexibility index (Phi) is 2.74. The van der Waals surface area contributed by atoms with Crippen LogP contribution in [0.5, 0.6) is 0 Å². The highest BCUT2D eigenvalue weighted by molar-refractivity contribution is 5.35. The van der Waals surface area contributed by atoms with Crippen molar-refractivity contribution in [1.82, 2.24) is 0 Å². The number of rotatable bonds is 2. The van der Waals surface area contributed by atoms with E-state index >= 15 is 0 Å². The molecule has 36 valence electrons. The second-order valence-corrected chi connectivity index (χ2v) is 0.930. The molecule has 0 radical (unpaired) electrons. The van der Waals surface area contributed by atoms with E-state index < -0.39 is 10.8 Å². The van der Waals surface area contributed by atoms with Crippen molar-refractivity contribution in [3.63, 3.8) is 0 Å². The summed E-state index contributed by atoms with van der Waals surface area (Å²) in [5, 5.41) is 0. The molecule has 0 fully saturated rings. The van der Waals surface area contributed by atoms with Crippen molar-refractivity contribution in [3.8, 4) is 0 Å². The lowest BCUT2D eigenvalue weighted by Crippen LogP contribution is -2.33. The van der Waals surface area contributed by atoms with Gasteiger partial charge >= 0.3 is 17.3 Å². The van der Waals surface area contributed by atoms with Crippen molar-refractivity contribution in [2.45, 2.75) is 0 Å². The molecule has 0 heterocycles. The van der Waals surface area contributed by atoms with Gasteiger partial charge in [0.05, 0.1) is 0 Å². The molecular weight excluding hydrogens is 111 g/mol. The zero-order valence-electron chi connectivity index (χ0n) is 2.59. The summed E-state index contributed by atoms with van der Waals surface area (Å²) in [6.45, 7) is -0.180. The molecule has 0 saturated heterocycles. The monoisotopic (exact) mass is 112 g/mol.